The topological polar surface area (TPSA) is 55.4 Å². The summed E-state index contributed by atoms with van der Waals surface area (Å²) in [5.41, 5.74) is 4.15. The van der Waals surface area contributed by atoms with Gasteiger partial charge in [-0.25, -0.2) is 4.79 Å². The minimum absolute atomic E-state index is 0.105. The Balaban J connectivity index is 1.76. The lowest BCUT2D eigenvalue weighted by molar-refractivity contribution is -0.143. The Labute approximate surface area is 175 Å². The molecular formula is C24H25NO3S. The first-order valence-electron chi connectivity index (χ1n) is 9.99. The molecule has 5 heteroatoms. The molecule has 1 N–H and O–H groups in total. The molecule has 0 spiro atoms. The van der Waals surface area contributed by atoms with Gasteiger partial charge in [-0.05, 0) is 50.1 Å². The van der Waals surface area contributed by atoms with E-state index in [-0.39, 0.29) is 29.7 Å². The standard InChI is InChI=1S/C24H25NO3S/c1-14(2)28-24(27)21-15(3)25-18-12-17(16-8-5-4-6-9-16)13-19(26)22(18)23(21)20-10-7-11-29-20/h4-11,14,17,23,25H,12-13H2,1-3H3/t17-,23+/m1/s1. The van der Waals surface area contributed by atoms with Gasteiger partial charge in [0, 0.05) is 28.3 Å². The average molecular weight is 408 g/mol. The molecule has 0 saturated heterocycles. The molecule has 1 aliphatic carbocycles. The number of carbonyl (C=O) groups excluding carboxylic acids is 2. The SMILES string of the molecule is CC1=C(C(=O)OC(C)C)[C@H](c2cccs2)C2=C(C[C@@H](c3ccccc3)CC2=O)N1. The molecule has 2 aliphatic rings. The number of hydrogen-bond acceptors (Lipinski definition) is 5. The third kappa shape index (κ3) is 3.79. The summed E-state index contributed by atoms with van der Waals surface area (Å²) >= 11 is 1.57. The number of hydrogen-bond donors (Lipinski definition) is 1. The van der Waals surface area contributed by atoms with Crippen LogP contribution in [0.2, 0.25) is 0 Å². The molecule has 0 bridgehead atoms. The van der Waals surface area contributed by atoms with Gasteiger partial charge in [0.25, 0.3) is 0 Å². The zero-order valence-electron chi connectivity index (χ0n) is 16.9. The van der Waals surface area contributed by atoms with E-state index in [0.29, 0.717) is 12.0 Å². The first-order valence-corrected chi connectivity index (χ1v) is 10.9. The number of rotatable bonds is 4. The molecule has 150 valence electrons. The van der Waals surface area contributed by atoms with Gasteiger partial charge in [0.05, 0.1) is 17.6 Å². The van der Waals surface area contributed by atoms with Gasteiger partial charge < -0.3 is 10.1 Å². The van der Waals surface area contributed by atoms with E-state index < -0.39 is 0 Å². The molecule has 0 fully saturated rings. The van der Waals surface area contributed by atoms with Crippen molar-refractivity contribution in [3.63, 3.8) is 0 Å². The third-order valence-corrected chi connectivity index (χ3v) is 6.43. The molecule has 4 nitrogen and oxygen atoms in total. The second-order valence-corrected chi connectivity index (χ2v) is 8.88. The molecule has 0 amide bonds. The summed E-state index contributed by atoms with van der Waals surface area (Å²) in [6.45, 7) is 5.58. The number of nitrogens with one attached hydrogen (secondary N) is 1. The second kappa shape index (κ2) is 7.99. The minimum atomic E-state index is -0.360. The summed E-state index contributed by atoms with van der Waals surface area (Å²) in [6.07, 6.45) is 1.00. The van der Waals surface area contributed by atoms with Crippen LogP contribution in [0.15, 0.2) is 70.4 Å². The maximum Gasteiger partial charge on any atom is 0.337 e. The Kier molecular flexibility index (Phi) is 5.41. The molecule has 0 unspecified atom stereocenters. The van der Waals surface area contributed by atoms with Crippen LogP contribution in [-0.4, -0.2) is 17.9 Å². The predicted octanol–water partition coefficient (Wildman–Crippen LogP) is 5.06. The van der Waals surface area contributed by atoms with E-state index in [0.717, 1.165) is 28.3 Å². The van der Waals surface area contributed by atoms with E-state index in [9.17, 15) is 9.59 Å². The van der Waals surface area contributed by atoms with Gasteiger partial charge in [0.1, 0.15) is 0 Å². The highest BCUT2D eigenvalue weighted by molar-refractivity contribution is 7.10. The molecule has 0 radical (unpaired) electrons. The monoisotopic (exact) mass is 407 g/mol. The minimum Gasteiger partial charge on any atom is -0.460 e. The number of ketones is 1. The van der Waals surface area contributed by atoms with Crippen LogP contribution in [0.4, 0.5) is 0 Å². The van der Waals surface area contributed by atoms with Crippen molar-refractivity contribution in [2.45, 2.75) is 51.6 Å². The van der Waals surface area contributed by atoms with Crippen LogP contribution in [0.5, 0.6) is 0 Å². The van der Waals surface area contributed by atoms with Gasteiger partial charge in [-0.15, -0.1) is 11.3 Å². The number of carbonyl (C=O) groups is 2. The van der Waals surface area contributed by atoms with Crippen molar-refractivity contribution in [2.75, 3.05) is 0 Å². The highest BCUT2D eigenvalue weighted by atomic mass is 32.1. The molecule has 2 aromatic rings. The molecule has 1 aliphatic heterocycles. The Hall–Kier alpha value is -2.66. The highest BCUT2D eigenvalue weighted by Crippen LogP contribution is 2.46. The summed E-state index contributed by atoms with van der Waals surface area (Å²) in [5.74, 6) is -0.459. The number of thiophene rings is 1. The predicted molar refractivity (Wildman–Crippen MR) is 115 cm³/mol. The van der Waals surface area contributed by atoms with E-state index in [1.165, 1.54) is 5.56 Å². The van der Waals surface area contributed by atoms with Crippen LogP contribution in [-0.2, 0) is 14.3 Å². The van der Waals surface area contributed by atoms with Crippen LogP contribution in [0.3, 0.4) is 0 Å². The van der Waals surface area contributed by atoms with Crippen LogP contribution in [0.1, 0.15) is 55.9 Å². The van der Waals surface area contributed by atoms with Crippen molar-refractivity contribution in [3.8, 4) is 0 Å². The van der Waals surface area contributed by atoms with Crippen molar-refractivity contribution in [2.24, 2.45) is 0 Å². The van der Waals surface area contributed by atoms with Crippen LogP contribution >= 0.6 is 11.3 Å². The van der Waals surface area contributed by atoms with Gasteiger partial charge in [-0.2, -0.15) is 0 Å². The van der Waals surface area contributed by atoms with Crippen LogP contribution < -0.4 is 5.32 Å². The maximum absolute atomic E-state index is 13.3. The van der Waals surface area contributed by atoms with E-state index in [2.05, 4.69) is 17.4 Å². The molecule has 4 rings (SSSR count). The van der Waals surface area contributed by atoms with Crippen molar-refractivity contribution in [1.82, 2.24) is 5.32 Å². The zero-order valence-corrected chi connectivity index (χ0v) is 17.7. The van der Waals surface area contributed by atoms with Gasteiger partial charge in [-0.3, -0.25) is 4.79 Å². The molecule has 29 heavy (non-hydrogen) atoms. The fraction of sp³-hybridized carbons (Fsp3) is 0.333. The van der Waals surface area contributed by atoms with Gasteiger partial charge in [0.2, 0.25) is 0 Å². The summed E-state index contributed by atoms with van der Waals surface area (Å²) < 4.78 is 5.53. The first-order chi connectivity index (χ1) is 14.0. The molecule has 1 aromatic carbocycles. The number of allylic oxidation sites excluding steroid dienone is 3. The van der Waals surface area contributed by atoms with E-state index in [4.69, 9.17) is 4.74 Å². The van der Waals surface area contributed by atoms with Crippen molar-refractivity contribution in [1.29, 1.82) is 0 Å². The first kappa shape index (κ1) is 19.6. The smallest absolute Gasteiger partial charge is 0.337 e. The van der Waals surface area contributed by atoms with E-state index in [1.807, 2.05) is 56.5 Å². The largest absolute Gasteiger partial charge is 0.460 e. The maximum atomic E-state index is 13.3. The molecule has 2 heterocycles. The van der Waals surface area contributed by atoms with Gasteiger partial charge in [-0.1, -0.05) is 36.4 Å². The van der Waals surface area contributed by atoms with Crippen LogP contribution in [0, 0.1) is 0 Å². The highest BCUT2D eigenvalue weighted by Gasteiger charge is 2.41. The summed E-state index contributed by atoms with van der Waals surface area (Å²) in [7, 11) is 0. The second-order valence-electron chi connectivity index (χ2n) is 7.90. The van der Waals surface area contributed by atoms with Gasteiger partial charge >= 0.3 is 5.97 Å². The third-order valence-electron chi connectivity index (χ3n) is 5.49. The van der Waals surface area contributed by atoms with Crippen molar-refractivity contribution >= 4 is 23.1 Å². The Bertz CT molecular complexity index is 986. The van der Waals surface area contributed by atoms with Gasteiger partial charge in [0.15, 0.2) is 5.78 Å². The summed E-state index contributed by atoms with van der Waals surface area (Å²) in [5, 5.41) is 5.37. The van der Waals surface area contributed by atoms with Crippen molar-refractivity contribution < 1.29 is 14.3 Å². The molecule has 2 atom stereocenters. The molecule has 1 aromatic heterocycles. The Morgan fingerprint density at radius 3 is 2.55 bits per heavy atom. The number of ether oxygens (including phenoxy) is 1. The zero-order chi connectivity index (χ0) is 20.5. The van der Waals surface area contributed by atoms with E-state index >= 15 is 0 Å². The van der Waals surface area contributed by atoms with Crippen LogP contribution in [0.25, 0.3) is 0 Å². The fourth-order valence-electron chi connectivity index (χ4n) is 4.29. The number of benzene rings is 1. The lowest BCUT2D eigenvalue weighted by atomic mass is 9.73. The lowest BCUT2D eigenvalue weighted by Gasteiger charge is -2.36. The fourth-order valence-corrected chi connectivity index (χ4v) is 5.13. The Morgan fingerprint density at radius 2 is 1.90 bits per heavy atom. The lowest BCUT2D eigenvalue weighted by Crippen LogP contribution is -2.36. The average Bonchev–Trinajstić information content (AvgIpc) is 3.21. The summed E-state index contributed by atoms with van der Waals surface area (Å²) in [6, 6.07) is 14.1. The van der Waals surface area contributed by atoms with Crippen molar-refractivity contribution in [3.05, 3.63) is 80.8 Å². The molecule has 0 saturated carbocycles. The van der Waals surface area contributed by atoms with E-state index in [1.54, 1.807) is 11.3 Å². The normalized spacial score (nSPS) is 21.9. The Morgan fingerprint density at radius 1 is 1.14 bits per heavy atom. The molecular weight excluding hydrogens is 382 g/mol. The number of esters is 1. The summed E-state index contributed by atoms with van der Waals surface area (Å²) in [4.78, 5) is 27.3. The number of Topliss-reactive ketones (excluding diaryl/α,β-unsaturated/α-hetero) is 1. The quantitative estimate of drug-likeness (QED) is 0.720. The number of dihydropyridines is 1.